The Balaban J connectivity index is 1.35. The highest BCUT2D eigenvalue weighted by Gasteiger charge is 2.13. The lowest BCUT2D eigenvalue weighted by Crippen LogP contribution is -2.22. The zero-order valence-electron chi connectivity index (χ0n) is 17.2. The first kappa shape index (κ1) is 19.5. The molecule has 3 aromatic heterocycles. The summed E-state index contributed by atoms with van der Waals surface area (Å²) in [6.45, 7) is 0.344. The SMILES string of the molecule is C#Cc1ccc2ccc(CCn3nc(Cn4cnc5ncn(C)c5c4=O)oc3=O)cc2c1. The molecule has 0 radical (unpaired) electrons. The van der Waals surface area contributed by atoms with Crippen LogP contribution in [0.2, 0.25) is 0 Å². The Morgan fingerprint density at radius 3 is 2.72 bits per heavy atom. The van der Waals surface area contributed by atoms with Crippen molar-refractivity contribution in [1.29, 1.82) is 0 Å². The molecule has 0 N–H and O–H groups in total. The summed E-state index contributed by atoms with van der Waals surface area (Å²) in [6.07, 6.45) is 8.98. The molecule has 9 nitrogen and oxygen atoms in total. The monoisotopic (exact) mass is 426 g/mol. The lowest BCUT2D eigenvalue weighted by molar-refractivity contribution is 0.434. The highest BCUT2D eigenvalue weighted by Crippen LogP contribution is 2.18. The van der Waals surface area contributed by atoms with Gasteiger partial charge in [-0.1, -0.05) is 30.2 Å². The van der Waals surface area contributed by atoms with E-state index in [4.69, 9.17) is 10.8 Å². The summed E-state index contributed by atoms with van der Waals surface area (Å²) in [5.41, 5.74) is 2.32. The topological polar surface area (TPSA) is 101 Å². The zero-order valence-corrected chi connectivity index (χ0v) is 17.2. The van der Waals surface area contributed by atoms with Crippen molar-refractivity contribution in [3.8, 4) is 12.3 Å². The van der Waals surface area contributed by atoms with Gasteiger partial charge in [0.1, 0.15) is 12.9 Å². The fourth-order valence-electron chi connectivity index (χ4n) is 3.66. The molecule has 0 saturated heterocycles. The van der Waals surface area contributed by atoms with Crippen molar-refractivity contribution in [1.82, 2.24) is 28.9 Å². The van der Waals surface area contributed by atoms with Gasteiger partial charge in [-0.05, 0) is 34.9 Å². The second-order valence-electron chi connectivity index (χ2n) is 7.48. The van der Waals surface area contributed by atoms with Gasteiger partial charge >= 0.3 is 5.76 Å². The minimum atomic E-state index is -0.571. The van der Waals surface area contributed by atoms with E-state index in [-0.39, 0.29) is 18.0 Å². The molecule has 0 unspecified atom stereocenters. The van der Waals surface area contributed by atoms with Crippen LogP contribution in [0.25, 0.3) is 21.9 Å². The maximum absolute atomic E-state index is 12.7. The van der Waals surface area contributed by atoms with Crippen LogP contribution in [0.1, 0.15) is 17.0 Å². The molecular formula is C23H18N6O3. The third kappa shape index (κ3) is 3.48. The summed E-state index contributed by atoms with van der Waals surface area (Å²) in [5.74, 6) is 2.21. The lowest BCUT2D eigenvalue weighted by Gasteiger charge is -2.04. The molecule has 0 aliphatic heterocycles. The van der Waals surface area contributed by atoms with Gasteiger partial charge in [0.25, 0.3) is 5.56 Å². The van der Waals surface area contributed by atoms with Crippen LogP contribution in [-0.2, 0) is 26.6 Å². The van der Waals surface area contributed by atoms with Gasteiger partial charge in [0.15, 0.2) is 11.2 Å². The smallest absolute Gasteiger partial charge is 0.390 e. The standard InChI is InChI=1S/C23H18N6O3/c1-3-15-4-6-17-7-5-16(11-18(17)10-15)8-9-29-23(31)32-19(26-29)12-28-14-25-21-20(22(28)30)27(2)13-24-21/h1,4-7,10-11,13-14H,8-9,12H2,2H3. The zero-order chi connectivity index (χ0) is 22.2. The van der Waals surface area contributed by atoms with Gasteiger partial charge < -0.3 is 8.98 Å². The van der Waals surface area contributed by atoms with E-state index in [1.54, 1.807) is 11.6 Å². The normalized spacial score (nSPS) is 11.2. The van der Waals surface area contributed by atoms with Crippen molar-refractivity contribution in [2.75, 3.05) is 0 Å². The number of aromatic nitrogens is 6. The van der Waals surface area contributed by atoms with Gasteiger partial charge in [-0.15, -0.1) is 11.5 Å². The Morgan fingerprint density at radius 1 is 1.06 bits per heavy atom. The fraction of sp³-hybridized carbons (Fsp3) is 0.174. The number of rotatable bonds is 5. The fourth-order valence-corrected chi connectivity index (χ4v) is 3.66. The van der Waals surface area contributed by atoms with Gasteiger partial charge in [-0.3, -0.25) is 9.36 Å². The van der Waals surface area contributed by atoms with Crippen LogP contribution in [0, 0.1) is 12.3 Å². The first-order chi connectivity index (χ1) is 15.5. The summed E-state index contributed by atoms with van der Waals surface area (Å²) < 4.78 is 9.46. The van der Waals surface area contributed by atoms with Crippen molar-refractivity contribution in [3.63, 3.8) is 0 Å². The van der Waals surface area contributed by atoms with E-state index in [0.717, 1.165) is 21.9 Å². The van der Waals surface area contributed by atoms with Gasteiger partial charge in [0.05, 0.1) is 12.9 Å². The number of hydrogen-bond donors (Lipinski definition) is 0. The van der Waals surface area contributed by atoms with Crippen molar-refractivity contribution < 1.29 is 4.42 Å². The van der Waals surface area contributed by atoms with E-state index in [9.17, 15) is 9.59 Å². The average molecular weight is 426 g/mol. The Kier molecular flexibility index (Phi) is 4.67. The number of imidazole rings is 1. The van der Waals surface area contributed by atoms with Crippen LogP contribution in [0.4, 0.5) is 0 Å². The van der Waals surface area contributed by atoms with Gasteiger partial charge in [0.2, 0.25) is 5.89 Å². The van der Waals surface area contributed by atoms with Crippen molar-refractivity contribution in [2.45, 2.75) is 19.5 Å². The Morgan fingerprint density at radius 2 is 1.88 bits per heavy atom. The van der Waals surface area contributed by atoms with E-state index in [2.05, 4.69) is 27.1 Å². The number of terminal acetylenes is 1. The van der Waals surface area contributed by atoms with Gasteiger partial charge in [-0.2, -0.15) is 4.68 Å². The molecule has 0 atom stereocenters. The van der Waals surface area contributed by atoms with Crippen molar-refractivity contribution in [2.24, 2.45) is 7.05 Å². The first-order valence-electron chi connectivity index (χ1n) is 9.94. The maximum Gasteiger partial charge on any atom is 0.437 e. The maximum atomic E-state index is 12.7. The molecule has 0 bridgehead atoms. The third-order valence-corrected chi connectivity index (χ3v) is 5.34. The highest BCUT2D eigenvalue weighted by molar-refractivity contribution is 5.84. The first-order valence-corrected chi connectivity index (χ1v) is 9.94. The molecule has 0 spiro atoms. The average Bonchev–Trinajstić information content (AvgIpc) is 3.35. The highest BCUT2D eigenvalue weighted by atomic mass is 16.4. The summed E-state index contributed by atoms with van der Waals surface area (Å²) in [7, 11) is 1.72. The lowest BCUT2D eigenvalue weighted by atomic mass is 10.0. The van der Waals surface area contributed by atoms with Crippen LogP contribution < -0.4 is 11.3 Å². The second kappa shape index (κ2) is 7.67. The predicted octanol–water partition coefficient (Wildman–Crippen LogP) is 1.71. The summed E-state index contributed by atoms with van der Waals surface area (Å²) >= 11 is 0. The van der Waals surface area contributed by atoms with Crippen LogP contribution in [-0.4, -0.2) is 28.9 Å². The van der Waals surface area contributed by atoms with E-state index in [1.807, 2.05) is 30.3 Å². The Labute approximate surface area is 181 Å². The largest absolute Gasteiger partial charge is 0.437 e. The van der Waals surface area contributed by atoms with Crippen molar-refractivity contribution in [3.05, 3.63) is 87.0 Å². The molecule has 9 heteroatoms. The molecule has 3 heterocycles. The van der Waals surface area contributed by atoms with E-state index < -0.39 is 5.76 Å². The van der Waals surface area contributed by atoms with Crippen LogP contribution in [0.15, 0.2) is 63.1 Å². The quantitative estimate of drug-likeness (QED) is 0.397. The molecule has 2 aromatic carbocycles. The van der Waals surface area contributed by atoms with E-state index in [0.29, 0.717) is 24.1 Å². The predicted molar refractivity (Wildman–Crippen MR) is 118 cm³/mol. The summed E-state index contributed by atoms with van der Waals surface area (Å²) in [5, 5.41) is 6.38. The summed E-state index contributed by atoms with van der Waals surface area (Å²) in [4.78, 5) is 33.1. The van der Waals surface area contributed by atoms with Crippen LogP contribution in [0.3, 0.4) is 0 Å². The number of benzene rings is 2. The van der Waals surface area contributed by atoms with E-state index in [1.165, 1.54) is 21.9 Å². The number of aryl methyl sites for hydroxylation is 3. The Bertz CT molecular complexity index is 1630. The minimum Gasteiger partial charge on any atom is -0.390 e. The van der Waals surface area contributed by atoms with Crippen LogP contribution in [0.5, 0.6) is 0 Å². The van der Waals surface area contributed by atoms with Crippen LogP contribution >= 0.6 is 0 Å². The van der Waals surface area contributed by atoms with E-state index >= 15 is 0 Å². The molecular weight excluding hydrogens is 408 g/mol. The molecule has 32 heavy (non-hydrogen) atoms. The number of hydrogen-bond acceptors (Lipinski definition) is 6. The number of fused-ring (bicyclic) bond motifs is 2. The second-order valence-corrected chi connectivity index (χ2v) is 7.48. The molecule has 158 valence electrons. The van der Waals surface area contributed by atoms with Gasteiger partial charge in [-0.25, -0.2) is 14.8 Å². The van der Waals surface area contributed by atoms with Crippen molar-refractivity contribution >= 4 is 21.9 Å². The summed E-state index contributed by atoms with van der Waals surface area (Å²) in [6, 6.07) is 11.9. The van der Waals surface area contributed by atoms with Gasteiger partial charge in [0, 0.05) is 12.6 Å². The molecule has 5 rings (SSSR count). The molecule has 0 aliphatic carbocycles. The Hall–Kier alpha value is -4.45. The molecule has 0 aliphatic rings. The molecule has 5 aromatic rings. The number of nitrogens with zero attached hydrogens (tertiary/aromatic N) is 6. The molecule has 0 amide bonds. The third-order valence-electron chi connectivity index (χ3n) is 5.34. The minimum absolute atomic E-state index is 0.0000332. The molecule has 0 saturated carbocycles. The molecule has 0 fully saturated rings.